The fourth-order valence-electron chi connectivity index (χ4n) is 4.40. The number of amidine groups is 1. The Morgan fingerprint density at radius 3 is 2.89 bits per heavy atom. The van der Waals surface area contributed by atoms with E-state index in [0.29, 0.717) is 5.82 Å². The number of nitrogens with zero attached hydrogens (tertiary/aromatic N) is 6. The summed E-state index contributed by atoms with van der Waals surface area (Å²) in [6.45, 7) is 1.11. The first-order valence-corrected chi connectivity index (χ1v) is 12.0. The van der Waals surface area contributed by atoms with Crippen molar-refractivity contribution < 1.29 is 22.7 Å². The summed E-state index contributed by atoms with van der Waals surface area (Å²) in [6, 6.07) is 3.88. The van der Waals surface area contributed by atoms with Crippen molar-refractivity contribution in [1.29, 1.82) is 0 Å². The molecule has 1 amide bonds. The Labute approximate surface area is 207 Å². The minimum atomic E-state index is -3.12. The Balaban J connectivity index is 1.44. The number of nitrogens with two attached hydrogens (primary N) is 1. The van der Waals surface area contributed by atoms with E-state index in [0.717, 1.165) is 17.8 Å². The van der Waals surface area contributed by atoms with Crippen molar-refractivity contribution in [1.82, 2.24) is 24.7 Å². The van der Waals surface area contributed by atoms with Gasteiger partial charge in [-0.2, -0.15) is 5.10 Å². The smallest absolute Gasteiger partial charge is 0.275 e. The van der Waals surface area contributed by atoms with Crippen LogP contribution in [0, 0.1) is 11.7 Å². The van der Waals surface area contributed by atoms with Crippen LogP contribution in [0.4, 0.5) is 18.9 Å². The van der Waals surface area contributed by atoms with Gasteiger partial charge in [0.25, 0.3) is 11.8 Å². The first kappa shape index (κ1) is 24.2. The highest BCUT2D eigenvalue weighted by Crippen LogP contribution is 2.52. The highest BCUT2D eigenvalue weighted by molar-refractivity contribution is 8.13. The molecular formula is C22H21F3N8O2S. The number of hydrogen-bond donors (Lipinski definition) is 2. The van der Waals surface area contributed by atoms with Crippen molar-refractivity contribution in [2.24, 2.45) is 16.6 Å². The van der Waals surface area contributed by atoms with E-state index in [-0.39, 0.29) is 34.5 Å². The number of carbonyl (C=O) groups excluding carboxylic acids is 1. The summed E-state index contributed by atoms with van der Waals surface area (Å²) in [4.78, 5) is 29.2. The van der Waals surface area contributed by atoms with Crippen LogP contribution < -0.4 is 11.1 Å². The SMILES string of the molecule is CCC(F)(F)[C@H]1OC[C@]2(c3cc(NC(=O)c4cnc(-n5cncn5)cn4)ccc3F)N=C(N)SC[C@H]12. The van der Waals surface area contributed by atoms with Gasteiger partial charge in [-0.1, -0.05) is 18.7 Å². The number of alkyl halides is 2. The summed E-state index contributed by atoms with van der Waals surface area (Å²) >= 11 is 1.13. The quantitative estimate of drug-likeness (QED) is 0.509. The van der Waals surface area contributed by atoms with E-state index < -0.39 is 41.6 Å². The lowest BCUT2D eigenvalue weighted by molar-refractivity contribution is -0.128. The number of halogens is 3. The standard InChI is InChI=1S/C22H21F3N8O2S/c1-2-22(24,25)18-14-8-36-20(26)32-21(14,9-35-18)13-5-12(3-4-15(13)23)31-19(34)16-6-29-17(7-28-16)33-11-27-10-30-33/h3-7,10-11,14,18H,2,8-9H2,1H3,(H2,26,32)(H,31,34)/t14-,18+,21-/m1/s1. The largest absolute Gasteiger partial charge is 0.379 e. The Bertz CT molecular complexity index is 1310. The molecule has 10 nitrogen and oxygen atoms in total. The first-order valence-electron chi connectivity index (χ1n) is 11.0. The maximum absolute atomic E-state index is 15.2. The van der Waals surface area contributed by atoms with Crippen LogP contribution in [0.1, 0.15) is 29.4 Å². The predicted molar refractivity (Wildman–Crippen MR) is 126 cm³/mol. The van der Waals surface area contributed by atoms with Crippen LogP contribution in [0.15, 0.2) is 48.2 Å². The Morgan fingerprint density at radius 2 is 2.19 bits per heavy atom. The maximum atomic E-state index is 15.2. The van der Waals surface area contributed by atoms with Crippen LogP contribution in [0.25, 0.3) is 5.82 Å². The van der Waals surface area contributed by atoms with Crippen molar-refractivity contribution in [3.63, 3.8) is 0 Å². The molecule has 0 bridgehead atoms. The molecule has 36 heavy (non-hydrogen) atoms. The van der Waals surface area contributed by atoms with Gasteiger partial charge in [0.1, 0.15) is 35.8 Å². The summed E-state index contributed by atoms with van der Waals surface area (Å²) < 4.78 is 51.4. The average molecular weight is 519 g/mol. The highest BCUT2D eigenvalue weighted by Gasteiger charge is 2.60. The molecule has 0 aliphatic carbocycles. The number of fused-ring (bicyclic) bond motifs is 1. The number of nitrogens with one attached hydrogen (secondary N) is 1. The second-order valence-corrected chi connectivity index (χ2v) is 9.43. The Kier molecular flexibility index (Phi) is 6.16. The fraction of sp³-hybridized carbons (Fsp3) is 0.364. The minimum Gasteiger partial charge on any atom is -0.379 e. The third-order valence-electron chi connectivity index (χ3n) is 6.28. The molecule has 2 aliphatic heterocycles. The number of rotatable bonds is 6. The summed E-state index contributed by atoms with van der Waals surface area (Å²) in [5.74, 6) is -4.64. The number of anilines is 1. The highest BCUT2D eigenvalue weighted by atomic mass is 32.2. The lowest BCUT2D eigenvalue weighted by Gasteiger charge is -2.37. The Hall–Kier alpha value is -3.52. The molecule has 5 rings (SSSR count). The molecule has 3 aromatic rings. The molecule has 14 heteroatoms. The van der Waals surface area contributed by atoms with E-state index >= 15 is 4.39 Å². The van der Waals surface area contributed by atoms with Gasteiger partial charge in [-0.15, -0.1) is 0 Å². The molecule has 2 aromatic heterocycles. The number of aliphatic imine (C=N–C) groups is 1. The number of ether oxygens (including phenoxy) is 1. The van der Waals surface area contributed by atoms with E-state index in [4.69, 9.17) is 10.5 Å². The van der Waals surface area contributed by atoms with Gasteiger partial charge in [0, 0.05) is 29.3 Å². The molecule has 0 saturated carbocycles. The van der Waals surface area contributed by atoms with Crippen molar-refractivity contribution in [2.75, 3.05) is 17.7 Å². The van der Waals surface area contributed by atoms with E-state index in [1.165, 1.54) is 48.8 Å². The molecule has 0 radical (unpaired) electrons. The van der Waals surface area contributed by atoms with Gasteiger partial charge in [-0.25, -0.2) is 37.8 Å². The van der Waals surface area contributed by atoms with Gasteiger partial charge in [0.15, 0.2) is 11.0 Å². The van der Waals surface area contributed by atoms with Crippen LogP contribution in [-0.4, -0.2) is 60.2 Å². The van der Waals surface area contributed by atoms with Gasteiger partial charge < -0.3 is 15.8 Å². The van der Waals surface area contributed by atoms with Crippen LogP contribution in [0.5, 0.6) is 0 Å². The summed E-state index contributed by atoms with van der Waals surface area (Å²) in [5.41, 5.74) is 4.76. The number of benzene rings is 1. The van der Waals surface area contributed by atoms with Gasteiger partial charge in [-0.3, -0.25) is 4.79 Å². The summed E-state index contributed by atoms with van der Waals surface area (Å²) in [7, 11) is 0. The lowest BCUT2D eigenvalue weighted by Crippen LogP contribution is -2.47. The third kappa shape index (κ3) is 4.19. The zero-order valence-electron chi connectivity index (χ0n) is 18.9. The molecule has 3 N–H and O–H groups in total. The minimum absolute atomic E-state index is 0.00367. The van der Waals surface area contributed by atoms with E-state index in [9.17, 15) is 13.6 Å². The van der Waals surface area contributed by atoms with Gasteiger partial charge >= 0.3 is 0 Å². The van der Waals surface area contributed by atoms with Gasteiger partial charge in [0.05, 0.1) is 19.0 Å². The molecule has 188 valence electrons. The monoisotopic (exact) mass is 518 g/mol. The second-order valence-electron chi connectivity index (χ2n) is 8.39. The predicted octanol–water partition coefficient (Wildman–Crippen LogP) is 2.77. The van der Waals surface area contributed by atoms with Crippen molar-refractivity contribution in [3.05, 3.63) is 60.3 Å². The van der Waals surface area contributed by atoms with Crippen molar-refractivity contribution in [2.45, 2.75) is 30.9 Å². The fourth-order valence-corrected chi connectivity index (χ4v) is 5.43. The molecule has 4 heterocycles. The molecule has 0 spiro atoms. The zero-order chi connectivity index (χ0) is 25.5. The van der Waals surface area contributed by atoms with Gasteiger partial charge in [0.2, 0.25) is 0 Å². The molecule has 2 aliphatic rings. The maximum Gasteiger partial charge on any atom is 0.275 e. The number of hydrogen-bond acceptors (Lipinski definition) is 9. The van der Waals surface area contributed by atoms with Crippen LogP contribution >= 0.6 is 11.8 Å². The number of amides is 1. The van der Waals surface area contributed by atoms with E-state index in [1.54, 1.807) is 0 Å². The van der Waals surface area contributed by atoms with E-state index in [2.05, 4.69) is 30.4 Å². The second kappa shape index (κ2) is 9.17. The van der Waals surface area contributed by atoms with Crippen molar-refractivity contribution >= 4 is 28.5 Å². The summed E-state index contributed by atoms with van der Waals surface area (Å²) in [6.07, 6.45) is 3.51. The van der Waals surface area contributed by atoms with Crippen LogP contribution in [0.2, 0.25) is 0 Å². The van der Waals surface area contributed by atoms with Crippen LogP contribution in [-0.2, 0) is 10.3 Å². The van der Waals surface area contributed by atoms with Crippen LogP contribution in [0.3, 0.4) is 0 Å². The number of aromatic nitrogens is 5. The zero-order valence-corrected chi connectivity index (χ0v) is 19.8. The molecule has 3 atom stereocenters. The molecule has 0 unspecified atom stereocenters. The van der Waals surface area contributed by atoms with Gasteiger partial charge in [-0.05, 0) is 18.2 Å². The normalized spacial score (nSPS) is 23.7. The average Bonchev–Trinajstić information content (AvgIpc) is 3.54. The van der Waals surface area contributed by atoms with E-state index in [1.807, 2.05) is 0 Å². The topological polar surface area (TPSA) is 133 Å². The molecular weight excluding hydrogens is 497 g/mol. The van der Waals surface area contributed by atoms with Crippen molar-refractivity contribution in [3.8, 4) is 5.82 Å². The molecule has 1 saturated heterocycles. The first-order chi connectivity index (χ1) is 17.2. The third-order valence-corrected chi connectivity index (χ3v) is 7.20. The number of carbonyl (C=O) groups is 1. The number of thioether (sulfide) groups is 1. The lowest BCUT2D eigenvalue weighted by atomic mass is 9.77. The Morgan fingerprint density at radius 1 is 1.36 bits per heavy atom. The summed E-state index contributed by atoms with van der Waals surface area (Å²) in [5, 5.41) is 6.74. The molecule has 1 fully saturated rings. The molecule has 1 aromatic carbocycles.